The van der Waals surface area contributed by atoms with E-state index in [9.17, 15) is 9.59 Å². The zero-order valence-corrected chi connectivity index (χ0v) is 16.4. The minimum absolute atomic E-state index is 0.0799. The Morgan fingerprint density at radius 1 is 1.37 bits per heavy atom. The molecule has 0 bridgehead atoms. The lowest BCUT2D eigenvalue weighted by molar-refractivity contribution is -0.131. The summed E-state index contributed by atoms with van der Waals surface area (Å²) in [5.41, 5.74) is 2.36. The van der Waals surface area contributed by atoms with E-state index >= 15 is 0 Å². The number of H-pyrrole nitrogens is 1. The fourth-order valence-electron chi connectivity index (χ4n) is 3.82. The van der Waals surface area contributed by atoms with Crippen molar-refractivity contribution in [3.63, 3.8) is 0 Å². The number of amides is 1. The smallest absolute Gasteiger partial charge is 0.255 e. The Hall–Kier alpha value is -2.19. The highest BCUT2D eigenvalue weighted by Gasteiger charge is 2.28. The van der Waals surface area contributed by atoms with Crippen LogP contribution in [0.1, 0.15) is 30.7 Å². The molecule has 144 valence electrons. The van der Waals surface area contributed by atoms with Crippen molar-refractivity contribution in [1.29, 1.82) is 0 Å². The van der Waals surface area contributed by atoms with Crippen LogP contribution in [0.15, 0.2) is 21.6 Å². The van der Waals surface area contributed by atoms with Crippen molar-refractivity contribution in [3.8, 4) is 0 Å². The number of nitrogens with one attached hydrogen (secondary N) is 1. The van der Waals surface area contributed by atoms with Gasteiger partial charge in [0, 0.05) is 25.2 Å². The lowest BCUT2D eigenvalue weighted by Crippen LogP contribution is -2.47. The molecule has 0 radical (unpaired) electrons. The van der Waals surface area contributed by atoms with Gasteiger partial charge in [0.05, 0.1) is 30.9 Å². The lowest BCUT2D eigenvalue weighted by atomic mass is 10.1. The Bertz CT molecular complexity index is 870. The molecule has 1 N–H and O–H groups in total. The summed E-state index contributed by atoms with van der Waals surface area (Å²) in [7, 11) is 0. The van der Waals surface area contributed by atoms with Crippen LogP contribution in [0.4, 0.5) is 5.95 Å². The molecular weight excluding hydrogens is 364 g/mol. The van der Waals surface area contributed by atoms with E-state index in [4.69, 9.17) is 9.72 Å². The molecule has 2 aromatic heterocycles. The second-order valence-electron chi connectivity index (χ2n) is 7.35. The summed E-state index contributed by atoms with van der Waals surface area (Å²) in [6.07, 6.45) is 1.11. The third-order valence-corrected chi connectivity index (χ3v) is 5.80. The van der Waals surface area contributed by atoms with Gasteiger partial charge < -0.3 is 14.5 Å². The van der Waals surface area contributed by atoms with E-state index in [1.54, 1.807) is 16.2 Å². The van der Waals surface area contributed by atoms with Gasteiger partial charge in [0.25, 0.3) is 5.56 Å². The van der Waals surface area contributed by atoms with Crippen LogP contribution in [-0.2, 0) is 28.9 Å². The zero-order valence-electron chi connectivity index (χ0n) is 15.6. The average molecular weight is 388 g/mol. The Morgan fingerprint density at radius 3 is 2.85 bits per heavy atom. The fourth-order valence-corrected chi connectivity index (χ4v) is 4.49. The predicted octanol–water partition coefficient (Wildman–Crippen LogP) is 1.57. The molecule has 0 aromatic carbocycles. The molecule has 7 nitrogen and oxygen atoms in total. The summed E-state index contributed by atoms with van der Waals surface area (Å²) < 4.78 is 5.77. The number of hydrogen-bond acceptors (Lipinski definition) is 6. The molecule has 2 unspecified atom stereocenters. The van der Waals surface area contributed by atoms with Crippen molar-refractivity contribution >= 4 is 23.2 Å². The summed E-state index contributed by atoms with van der Waals surface area (Å²) in [6, 6.07) is 1.97. The second-order valence-corrected chi connectivity index (χ2v) is 8.13. The van der Waals surface area contributed by atoms with Crippen molar-refractivity contribution in [1.82, 2.24) is 14.9 Å². The van der Waals surface area contributed by atoms with Gasteiger partial charge in [-0.2, -0.15) is 11.3 Å². The van der Waals surface area contributed by atoms with Crippen LogP contribution in [0.2, 0.25) is 0 Å². The molecule has 2 aliphatic rings. The molecule has 2 atom stereocenters. The number of nitrogens with zero attached hydrogens (tertiary/aromatic N) is 3. The highest BCUT2D eigenvalue weighted by molar-refractivity contribution is 7.08. The summed E-state index contributed by atoms with van der Waals surface area (Å²) in [5.74, 6) is 0.657. The lowest BCUT2D eigenvalue weighted by Gasteiger charge is -2.36. The van der Waals surface area contributed by atoms with Gasteiger partial charge in [0.1, 0.15) is 0 Å². The first kappa shape index (κ1) is 18.2. The number of rotatable bonds is 3. The number of hydrogen-bond donors (Lipinski definition) is 1. The van der Waals surface area contributed by atoms with Crippen LogP contribution in [0.25, 0.3) is 0 Å². The van der Waals surface area contributed by atoms with Gasteiger partial charge in [-0.3, -0.25) is 14.6 Å². The number of carbonyl (C=O) groups excluding carboxylic acids is 1. The van der Waals surface area contributed by atoms with Crippen molar-refractivity contribution in [2.45, 2.75) is 45.4 Å². The van der Waals surface area contributed by atoms with Crippen LogP contribution in [0.5, 0.6) is 0 Å². The van der Waals surface area contributed by atoms with Crippen molar-refractivity contribution < 1.29 is 9.53 Å². The topological polar surface area (TPSA) is 78.5 Å². The first-order valence-corrected chi connectivity index (χ1v) is 10.2. The number of thiophene rings is 1. The molecule has 0 spiro atoms. The Kier molecular flexibility index (Phi) is 5.01. The van der Waals surface area contributed by atoms with E-state index in [0.717, 1.165) is 5.56 Å². The van der Waals surface area contributed by atoms with E-state index in [1.807, 2.05) is 30.7 Å². The van der Waals surface area contributed by atoms with Crippen LogP contribution < -0.4 is 10.5 Å². The first-order chi connectivity index (χ1) is 13.0. The Morgan fingerprint density at radius 2 is 2.15 bits per heavy atom. The Balaban J connectivity index is 1.54. The molecule has 8 heteroatoms. The molecule has 1 amide bonds. The maximum Gasteiger partial charge on any atom is 0.255 e. The zero-order chi connectivity index (χ0) is 19.0. The number of anilines is 1. The minimum Gasteiger partial charge on any atom is -0.372 e. The van der Waals surface area contributed by atoms with Crippen LogP contribution in [-0.4, -0.2) is 52.6 Å². The SMILES string of the molecule is CC1CN(c2nc3c(c(=O)[nH]2)CCN(C(=O)Cc2ccsc2)C3)CC(C)O1. The van der Waals surface area contributed by atoms with Gasteiger partial charge in [-0.15, -0.1) is 0 Å². The molecule has 0 aliphatic carbocycles. The number of aromatic amines is 1. The van der Waals surface area contributed by atoms with E-state index in [0.29, 0.717) is 56.2 Å². The summed E-state index contributed by atoms with van der Waals surface area (Å²) in [5, 5.41) is 3.98. The van der Waals surface area contributed by atoms with Crippen LogP contribution in [0, 0.1) is 0 Å². The molecule has 2 aromatic rings. The van der Waals surface area contributed by atoms with Crippen LogP contribution >= 0.6 is 11.3 Å². The largest absolute Gasteiger partial charge is 0.372 e. The van der Waals surface area contributed by atoms with Gasteiger partial charge in [-0.1, -0.05) is 0 Å². The van der Waals surface area contributed by atoms with E-state index in [-0.39, 0.29) is 23.7 Å². The van der Waals surface area contributed by atoms with Gasteiger partial charge in [0.15, 0.2) is 0 Å². The van der Waals surface area contributed by atoms with Gasteiger partial charge in [-0.25, -0.2) is 4.98 Å². The average Bonchev–Trinajstić information content (AvgIpc) is 3.13. The van der Waals surface area contributed by atoms with Gasteiger partial charge in [0.2, 0.25) is 11.9 Å². The predicted molar refractivity (Wildman–Crippen MR) is 104 cm³/mol. The second kappa shape index (κ2) is 7.44. The summed E-state index contributed by atoms with van der Waals surface area (Å²) >= 11 is 1.59. The summed E-state index contributed by atoms with van der Waals surface area (Å²) in [6.45, 7) is 6.37. The van der Waals surface area contributed by atoms with Crippen molar-refractivity contribution in [3.05, 3.63) is 44.0 Å². The minimum atomic E-state index is -0.0910. The Labute approximate surface area is 162 Å². The third kappa shape index (κ3) is 3.91. The molecule has 0 saturated carbocycles. The maximum atomic E-state index is 12.6. The van der Waals surface area contributed by atoms with E-state index in [1.165, 1.54) is 0 Å². The van der Waals surface area contributed by atoms with Gasteiger partial charge in [-0.05, 0) is 42.7 Å². The molecule has 1 fully saturated rings. The number of carbonyl (C=O) groups is 1. The number of fused-ring (bicyclic) bond motifs is 1. The number of aromatic nitrogens is 2. The van der Waals surface area contributed by atoms with Crippen molar-refractivity contribution in [2.24, 2.45) is 0 Å². The first-order valence-electron chi connectivity index (χ1n) is 9.31. The normalized spacial score (nSPS) is 22.6. The molecule has 4 heterocycles. The number of ether oxygens (including phenoxy) is 1. The molecule has 4 rings (SSSR count). The van der Waals surface area contributed by atoms with Gasteiger partial charge >= 0.3 is 0 Å². The molecule has 27 heavy (non-hydrogen) atoms. The fraction of sp³-hybridized carbons (Fsp3) is 0.526. The highest BCUT2D eigenvalue weighted by Crippen LogP contribution is 2.20. The third-order valence-electron chi connectivity index (χ3n) is 5.07. The molecule has 1 saturated heterocycles. The maximum absolute atomic E-state index is 12.6. The van der Waals surface area contributed by atoms with Crippen molar-refractivity contribution in [2.75, 3.05) is 24.5 Å². The molecule has 2 aliphatic heterocycles. The molecular formula is C19H24N4O3S. The monoisotopic (exact) mass is 388 g/mol. The van der Waals surface area contributed by atoms with E-state index < -0.39 is 0 Å². The van der Waals surface area contributed by atoms with Crippen LogP contribution in [0.3, 0.4) is 0 Å². The number of morpholine rings is 1. The standard InChI is InChI=1S/C19H24N4O3S/c1-12-8-23(9-13(2)26-12)19-20-16-10-22(5-3-15(16)18(25)21-19)17(24)7-14-4-6-27-11-14/h4,6,11-13H,3,5,7-10H2,1-2H3,(H,20,21,25). The van der Waals surface area contributed by atoms with E-state index in [2.05, 4.69) is 9.88 Å². The quantitative estimate of drug-likeness (QED) is 0.864. The summed E-state index contributed by atoms with van der Waals surface area (Å²) in [4.78, 5) is 36.7. The highest BCUT2D eigenvalue weighted by atomic mass is 32.1.